The van der Waals surface area contributed by atoms with Crippen molar-refractivity contribution in [1.82, 2.24) is 0 Å². The molecule has 1 aromatic rings. The van der Waals surface area contributed by atoms with Crippen LogP contribution in [-0.2, 0) is 11.2 Å². The molecule has 0 bridgehead atoms. The van der Waals surface area contributed by atoms with Gasteiger partial charge in [-0.1, -0.05) is 0 Å². The van der Waals surface area contributed by atoms with Crippen molar-refractivity contribution in [2.75, 3.05) is 0 Å². The van der Waals surface area contributed by atoms with E-state index in [9.17, 15) is 13.6 Å². The molecule has 0 unspecified atom stereocenters. The summed E-state index contributed by atoms with van der Waals surface area (Å²) in [4.78, 5) is 10.8. The van der Waals surface area contributed by atoms with E-state index < -0.39 is 23.6 Å². The van der Waals surface area contributed by atoms with E-state index in [-0.39, 0.29) is 5.75 Å². The maximum absolute atomic E-state index is 13.3. The Hall–Kier alpha value is -1.65. The third-order valence-corrected chi connectivity index (χ3v) is 2.34. The monoisotopic (exact) mass is 213 g/mol. The number of primary amides is 1. The van der Waals surface area contributed by atoms with Crippen LogP contribution in [0.15, 0.2) is 12.1 Å². The zero-order valence-corrected chi connectivity index (χ0v) is 7.80. The zero-order valence-electron chi connectivity index (χ0n) is 7.80. The molecule has 1 atom stereocenters. The Balaban J connectivity index is 2.37. The summed E-state index contributed by atoms with van der Waals surface area (Å²) in [5, 5.41) is 0. The molecule has 0 aromatic heterocycles. The van der Waals surface area contributed by atoms with Crippen LogP contribution in [0.4, 0.5) is 8.78 Å². The number of rotatable bonds is 1. The first-order valence-electron chi connectivity index (χ1n) is 4.52. The predicted molar refractivity (Wildman–Crippen MR) is 48.3 cm³/mol. The lowest BCUT2D eigenvalue weighted by Gasteiger charge is -2.23. The van der Waals surface area contributed by atoms with Gasteiger partial charge in [-0.2, -0.15) is 0 Å². The maximum atomic E-state index is 13.3. The minimum absolute atomic E-state index is 0.0635. The molecule has 0 saturated carbocycles. The Morgan fingerprint density at radius 3 is 2.87 bits per heavy atom. The number of ether oxygens (including phenoxy) is 1. The average molecular weight is 213 g/mol. The second-order valence-electron chi connectivity index (χ2n) is 3.42. The van der Waals surface area contributed by atoms with Crippen molar-refractivity contribution in [2.24, 2.45) is 5.73 Å². The van der Waals surface area contributed by atoms with Gasteiger partial charge in [-0.05, 0) is 18.9 Å². The highest BCUT2D eigenvalue weighted by atomic mass is 19.1. The fraction of sp³-hybridized carbons (Fsp3) is 0.300. The lowest BCUT2D eigenvalue weighted by molar-refractivity contribution is -0.125. The molecular formula is C10H9F2NO2. The van der Waals surface area contributed by atoms with Crippen LogP contribution in [0.25, 0.3) is 0 Å². The standard InChI is InChI=1S/C10H9F2NO2/c11-6-3-5-1-2-8(10(13)14)15-9(5)7(12)4-6/h3-4,8H,1-2H2,(H2,13,14)/t8-/m0/s1. The van der Waals surface area contributed by atoms with Gasteiger partial charge in [0.2, 0.25) is 0 Å². The van der Waals surface area contributed by atoms with Crippen LogP contribution in [0.5, 0.6) is 5.75 Å². The van der Waals surface area contributed by atoms with Crippen molar-refractivity contribution in [3.63, 3.8) is 0 Å². The van der Waals surface area contributed by atoms with E-state index in [0.717, 1.165) is 6.07 Å². The maximum Gasteiger partial charge on any atom is 0.258 e. The van der Waals surface area contributed by atoms with Gasteiger partial charge in [0, 0.05) is 11.6 Å². The molecule has 0 aliphatic carbocycles. The number of hydrogen-bond acceptors (Lipinski definition) is 2. The molecule has 3 nitrogen and oxygen atoms in total. The van der Waals surface area contributed by atoms with Gasteiger partial charge in [0.15, 0.2) is 17.7 Å². The summed E-state index contributed by atoms with van der Waals surface area (Å²) in [6.45, 7) is 0. The van der Waals surface area contributed by atoms with Crippen LogP contribution in [-0.4, -0.2) is 12.0 Å². The molecule has 1 aliphatic heterocycles. The van der Waals surface area contributed by atoms with Crippen LogP contribution in [0.3, 0.4) is 0 Å². The number of halogens is 2. The molecule has 1 heterocycles. The number of nitrogens with two attached hydrogens (primary N) is 1. The van der Waals surface area contributed by atoms with E-state index in [0.29, 0.717) is 18.4 Å². The number of carbonyl (C=O) groups excluding carboxylic acids is 1. The van der Waals surface area contributed by atoms with Gasteiger partial charge >= 0.3 is 0 Å². The summed E-state index contributed by atoms with van der Waals surface area (Å²) >= 11 is 0. The largest absolute Gasteiger partial charge is 0.477 e. The van der Waals surface area contributed by atoms with Crippen LogP contribution in [0, 0.1) is 11.6 Å². The van der Waals surface area contributed by atoms with E-state index in [4.69, 9.17) is 10.5 Å². The van der Waals surface area contributed by atoms with Crippen molar-refractivity contribution < 1.29 is 18.3 Å². The second kappa shape index (κ2) is 3.49. The van der Waals surface area contributed by atoms with Crippen LogP contribution in [0.1, 0.15) is 12.0 Å². The van der Waals surface area contributed by atoms with E-state index in [2.05, 4.69) is 0 Å². The number of aryl methyl sites for hydroxylation is 1. The quantitative estimate of drug-likeness (QED) is 0.760. The fourth-order valence-electron chi connectivity index (χ4n) is 1.62. The van der Waals surface area contributed by atoms with Gasteiger partial charge < -0.3 is 10.5 Å². The summed E-state index contributed by atoms with van der Waals surface area (Å²) in [5.74, 6) is -2.14. The molecule has 0 saturated heterocycles. The summed E-state index contributed by atoms with van der Waals surface area (Å²) in [6, 6.07) is 1.93. The number of carbonyl (C=O) groups is 1. The lowest BCUT2D eigenvalue weighted by Crippen LogP contribution is -2.36. The molecule has 0 radical (unpaired) electrons. The van der Waals surface area contributed by atoms with Crippen LogP contribution >= 0.6 is 0 Å². The summed E-state index contributed by atoms with van der Waals surface area (Å²) in [7, 11) is 0. The first kappa shape index (κ1) is 9.89. The Bertz CT molecular complexity index is 420. The van der Waals surface area contributed by atoms with Crippen molar-refractivity contribution in [3.05, 3.63) is 29.3 Å². The molecule has 0 fully saturated rings. The number of benzene rings is 1. The van der Waals surface area contributed by atoms with Crippen LogP contribution in [0.2, 0.25) is 0 Å². The van der Waals surface area contributed by atoms with Crippen molar-refractivity contribution >= 4 is 5.91 Å². The van der Waals surface area contributed by atoms with Crippen molar-refractivity contribution in [1.29, 1.82) is 0 Å². The smallest absolute Gasteiger partial charge is 0.258 e. The van der Waals surface area contributed by atoms with Crippen molar-refractivity contribution in [2.45, 2.75) is 18.9 Å². The Labute approximate surface area is 84.8 Å². The Morgan fingerprint density at radius 2 is 2.20 bits per heavy atom. The number of amides is 1. The Morgan fingerprint density at radius 1 is 1.47 bits per heavy atom. The fourth-order valence-corrected chi connectivity index (χ4v) is 1.62. The summed E-state index contributed by atoms with van der Waals surface area (Å²) in [6.07, 6.45) is -0.0829. The second-order valence-corrected chi connectivity index (χ2v) is 3.42. The molecule has 5 heteroatoms. The summed E-state index contributed by atoms with van der Waals surface area (Å²) in [5.41, 5.74) is 5.48. The van der Waals surface area contributed by atoms with Crippen LogP contribution < -0.4 is 10.5 Å². The van der Waals surface area contributed by atoms with Gasteiger partial charge in [0.05, 0.1) is 0 Å². The highest BCUT2D eigenvalue weighted by molar-refractivity contribution is 5.79. The topological polar surface area (TPSA) is 52.3 Å². The lowest BCUT2D eigenvalue weighted by atomic mass is 10.0. The molecule has 2 rings (SSSR count). The first-order chi connectivity index (χ1) is 7.08. The highest BCUT2D eigenvalue weighted by Crippen LogP contribution is 2.31. The minimum atomic E-state index is -0.822. The van der Waals surface area contributed by atoms with Gasteiger partial charge in [0.25, 0.3) is 5.91 Å². The minimum Gasteiger partial charge on any atom is -0.477 e. The van der Waals surface area contributed by atoms with Crippen molar-refractivity contribution in [3.8, 4) is 5.75 Å². The van der Waals surface area contributed by atoms with Gasteiger partial charge in [0.1, 0.15) is 5.82 Å². The number of fused-ring (bicyclic) bond motifs is 1. The molecule has 1 aliphatic rings. The molecule has 80 valence electrons. The third-order valence-electron chi connectivity index (χ3n) is 2.34. The normalized spacial score (nSPS) is 19.2. The Kier molecular flexibility index (Phi) is 2.30. The van der Waals surface area contributed by atoms with Gasteiger partial charge in [-0.25, -0.2) is 8.78 Å². The molecule has 15 heavy (non-hydrogen) atoms. The number of hydrogen-bond donors (Lipinski definition) is 1. The van der Waals surface area contributed by atoms with E-state index in [1.807, 2.05) is 0 Å². The van der Waals surface area contributed by atoms with Gasteiger partial charge in [-0.3, -0.25) is 4.79 Å². The SMILES string of the molecule is NC(=O)[C@@H]1CCc2cc(F)cc(F)c2O1. The molecule has 2 N–H and O–H groups in total. The van der Waals surface area contributed by atoms with Gasteiger partial charge in [-0.15, -0.1) is 0 Å². The highest BCUT2D eigenvalue weighted by Gasteiger charge is 2.26. The first-order valence-corrected chi connectivity index (χ1v) is 4.52. The molecule has 0 spiro atoms. The third kappa shape index (κ3) is 1.77. The predicted octanol–water partition coefficient (Wildman–Crippen LogP) is 1.14. The summed E-state index contributed by atoms with van der Waals surface area (Å²) < 4.78 is 31.1. The zero-order chi connectivity index (χ0) is 11.0. The molecule has 1 aromatic carbocycles. The average Bonchev–Trinajstić information content (AvgIpc) is 2.16. The van der Waals surface area contributed by atoms with E-state index in [1.165, 1.54) is 6.07 Å². The van der Waals surface area contributed by atoms with E-state index in [1.54, 1.807) is 0 Å². The molecule has 1 amide bonds. The molecular weight excluding hydrogens is 204 g/mol. The van der Waals surface area contributed by atoms with E-state index >= 15 is 0 Å².